The first-order valence-corrected chi connectivity index (χ1v) is 9.65. The number of aromatic nitrogens is 3. The Morgan fingerprint density at radius 2 is 2.04 bits per heavy atom. The Kier molecular flexibility index (Phi) is 4.86. The lowest BCUT2D eigenvalue weighted by Gasteiger charge is -2.23. The first-order chi connectivity index (χ1) is 13.1. The molecular weight excluding hydrogens is 342 g/mol. The number of carbonyl (C=O) groups is 1. The summed E-state index contributed by atoms with van der Waals surface area (Å²) in [4.78, 5) is 17.4. The van der Waals surface area contributed by atoms with Crippen LogP contribution < -0.4 is 4.74 Å². The predicted octanol–water partition coefficient (Wildman–Crippen LogP) is 2.06. The van der Waals surface area contributed by atoms with Gasteiger partial charge < -0.3 is 14.2 Å². The predicted molar refractivity (Wildman–Crippen MR) is 102 cm³/mol. The Labute approximate surface area is 159 Å². The summed E-state index contributed by atoms with van der Waals surface area (Å²) in [6.45, 7) is 5.11. The van der Waals surface area contributed by atoms with E-state index in [1.807, 2.05) is 30.0 Å². The van der Waals surface area contributed by atoms with Gasteiger partial charge >= 0.3 is 0 Å². The largest absolute Gasteiger partial charge is 0.496 e. The summed E-state index contributed by atoms with van der Waals surface area (Å²) < 4.78 is 7.71. The summed E-state index contributed by atoms with van der Waals surface area (Å²) in [5, 5.41) is 8.92. The van der Waals surface area contributed by atoms with Crippen molar-refractivity contribution in [1.82, 2.24) is 24.6 Å². The number of para-hydroxylation sites is 1. The molecule has 4 rings (SSSR count). The monoisotopic (exact) mass is 369 g/mol. The van der Waals surface area contributed by atoms with E-state index in [9.17, 15) is 4.79 Å². The second-order valence-corrected chi connectivity index (χ2v) is 7.46. The van der Waals surface area contributed by atoms with Crippen molar-refractivity contribution in [3.05, 3.63) is 41.0 Å². The first-order valence-electron chi connectivity index (χ1n) is 9.65. The van der Waals surface area contributed by atoms with Gasteiger partial charge in [0.2, 0.25) is 0 Å². The van der Waals surface area contributed by atoms with Gasteiger partial charge in [0.05, 0.1) is 18.7 Å². The van der Waals surface area contributed by atoms with Crippen molar-refractivity contribution in [3.8, 4) is 5.75 Å². The molecule has 2 aliphatic heterocycles. The van der Waals surface area contributed by atoms with Crippen LogP contribution in [0.15, 0.2) is 18.2 Å². The highest BCUT2D eigenvalue weighted by Crippen LogP contribution is 2.30. The van der Waals surface area contributed by atoms with Crippen LogP contribution in [-0.4, -0.2) is 64.3 Å². The minimum atomic E-state index is 0.0220. The van der Waals surface area contributed by atoms with Crippen molar-refractivity contribution < 1.29 is 9.53 Å². The van der Waals surface area contributed by atoms with Crippen LogP contribution in [0.25, 0.3) is 0 Å². The molecule has 0 saturated carbocycles. The molecule has 0 unspecified atom stereocenters. The van der Waals surface area contributed by atoms with Crippen molar-refractivity contribution in [2.75, 3.05) is 33.8 Å². The van der Waals surface area contributed by atoms with E-state index in [-0.39, 0.29) is 5.91 Å². The van der Waals surface area contributed by atoms with Crippen LogP contribution >= 0.6 is 0 Å². The molecule has 144 valence electrons. The van der Waals surface area contributed by atoms with Gasteiger partial charge in [0.1, 0.15) is 17.4 Å². The van der Waals surface area contributed by atoms with Crippen LogP contribution in [0.5, 0.6) is 5.75 Å². The number of ether oxygens (including phenoxy) is 1. The van der Waals surface area contributed by atoms with Gasteiger partial charge in [-0.3, -0.25) is 9.69 Å². The molecule has 0 aliphatic carbocycles. The summed E-state index contributed by atoms with van der Waals surface area (Å²) in [6, 6.07) is 6.05. The Bertz CT molecular complexity index is 847. The van der Waals surface area contributed by atoms with Crippen LogP contribution in [0.4, 0.5) is 0 Å². The zero-order valence-electron chi connectivity index (χ0n) is 16.3. The molecule has 1 fully saturated rings. The molecule has 7 heteroatoms. The maximum Gasteiger partial charge on any atom is 0.257 e. The third-order valence-electron chi connectivity index (χ3n) is 5.81. The van der Waals surface area contributed by atoms with Crippen molar-refractivity contribution in [2.45, 2.75) is 38.8 Å². The normalized spacial score (nSPS) is 20.4. The van der Waals surface area contributed by atoms with Crippen LogP contribution in [0.2, 0.25) is 0 Å². The zero-order chi connectivity index (χ0) is 19.0. The number of rotatable bonds is 3. The fourth-order valence-electron chi connectivity index (χ4n) is 4.29. The van der Waals surface area contributed by atoms with E-state index < -0.39 is 0 Å². The number of aryl methyl sites for hydroxylation is 1. The van der Waals surface area contributed by atoms with Gasteiger partial charge in [-0.05, 0) is 45.0 Å². The number of amides is 1. The summed E-state index contributed by atoms with van der Waals surface area (Å²) in [7, 11) is 3.77. The van der Waals surface area contributed by atoms with Gasteiger partial charge in [0.15, 0.2) is 0 Å². The van der Waals surface area contributed by atoms with Crippen molar-refractivity contribution in [3.63, 3.8) is 0 Å². The lowest BCUT2D eigenvalue weighted by Crippen LogP contribution is -2.34. The van der Waals surface area contributed by atoms with Gasteiger partial charge in [0, 0.05) is 26.1 Å². The summed E-state index contributed by atoms with van der Waals surface area (Å²) in [5.74, 6) is 2.72. The molecule has 1 aromatic heterocycles. The lowest BCUT2D eigenvalue weighted by molar-refractivity contribution is 0.0755. The van der Waals surface area contributed by atoms with Crippen LogP contribution in [0, 0.1) is 6.92 Å². The molecule has 2 aromatic rings. The first kappa shape index (κ1) is 18.0. The standard InChI is InChI=1S/C20H27N5O2/c1-14-6-4-7-15(18(14)27-3)20(26)24-11-9-17-21-22-19(25(17)13-12-24)16-8-5-10-23(16)2/h4,6-7,16H,5,8-13H2,1-3H3/t16-/m1/s1. The maximum atomic E-state index is 13.1. The van der Waals surface area contributed by atoms with E-state index in [4.69, 9.17) is 4.74 Å². The van der Waals surface area contributed by atoms with Crippen LogP contribution in [0.3, 0.4) is 0 Å². The van der Waals surface area contributed by atoms with Crippen LogP contribution in [-0.2, 0) is 13.0 Å². The fraction of sp³-hybridized carbons (Fsp3) is 0.550. The molecule has 0 spiro atoms. The smallest absolute Gasteiger partial charge is 0.257 e. The number of methoxy groups -OCH3 is 1. The van der Waals surface area contributed by atoms with E-state index in [1.165, 1.54) is 6.42 Å². The van der Waals surface area contributed by atoms with E-state index >= 15 is 0 Å². The maximum absolute atomic E-state index is 13.1. The number of hydrogen-bond acceptors (Lipinski definition) is 5. The number of hydrogen-bond donors (Lipinski definition) is 0. The second-order valence-electron chi connectivity index (χ2n) is 7.46. The Morgan fingerprint density at radius 1 is 1.19 bits per heavy atom. The quantitative estimate of drug-likeness (QED) is 0.829. The van der Waals surface area contributed by atoms with Crippen molar-refractivity contribution >= 4 is 5.91 Å². The zero-order valence-corrected chi connectivity index (χ0v) is 16.3. The lowest BCUT2D eigenvalue weighted by atomic mass is 10.1. The number of likely N-dealkylation sites (tertiary alicyclic amines) is 1. The van der Waals surface area contributed by atoms with Gasteiger partial charge in [-0.25, -0.2) is 0 Å². The molecule has 0 radical (unpaired) electrons. The Balaban J connectivity index is 1.55. The van der Waals surface area contributed by atoms with E-state index in [1.54, 1.807) is 7.11 Å². The molecule has 27 heavy (non-hydrogen) atoms. The average Bonchev–Trinajstić information content (AvgIpc) is 3.20. The number of carbonyl (C=O) groups excluding carboxylic acids is 1. The van der Waals surface area contributed by atoms with Gasteiger partial charge in [-0.2, -0.15) is 0 Å². The Hall–Kier alpha value is -2.41. The highest BCUT2D eigenvalue weighted by atomic mass is 16.5. The molecule has 3 heterocycles. The topological polar surface area (TPSA) is 63.5 Å². The number of fused-ring (bicyclic) bond motifs is 1. The summed E-state index contributed by atoms with van der Waals surface area (Å²) in [6.07, 6.45) is 3.04. The van der Waals surface area contributed by atoms with E-state index in [0.29, 0.717) is 30.4 Å². The summed E-state index contributed by atoms with van der Waals surface area (Å²) >= 11 is 0. The average molecular weight is 369 g/mol. The van der Waals surface area contributed by atoms with Crippen LogP contribution in [0.1, 0.15) is 46.5 Å². The molecule has 7 nitrogen and oxygen atoms in total. The SMILES string of the molecule is COc1c(C)cccc1C(=O)N1CCc2nnc([C@H]3CCCN3C)n2CC1. The minimum Gasteiger partial charge on any atom is -0.496 e. The number of benzene rings is 1. The molecule has 0 N–H and O–H groups in total. The number of nitrogens with zero attached hydrogens (tertiary/aromatic N) is 5. The van der Waals surface area contributed by atoms with Crippen molar-refractivity contribution in [1.29, 1.82) is 0 Å². The molecular formula is C20H27N5O2. The highest BCUT2D eigenvalue weighted by Gasteiger charge is 2.30. The molecule has 1 aromatic carbocycles. The molecule has 2 aliphatic rings. The molecule has 0 bridgehead atoms. The molecule has 1 amide bonds. The third kappa shape index (κ3) is 3.20. The van der Waals surface area contributed by atoms with Crippen molar-refractivity contribution in [2.24, 2.45) is 0 Å². The molecule has 1 saturated heterocycles. The van der Waals surface area contributed by atoms with E-state index in [0.717, 1.165) is 43.1 Å². The van der Waals surface area contributed by atoms with Gasteiger partial charge in [-0.15, -0.1) is 10.2 Å². The molecule has 1 atom stereocenters. The highest BCUT2D eigenvalue weighted by molar-refractivity contribution is 5.97. The summed E-state index contributed by atoms with van der Waals surface area (Å²) in [5.41, 5.74) is 1.60. The third-order valence-corrected chi connectivity index (χ3v) is 5.81. The fourth-order valence-corrected chi connectivity index (χ4v) is 4.29. The Morgan fingerprint density at radius 3 is 2.78 bits per heavy atom. The van der Waals surface area contributed by atoms with Gasteiger partial charge in [-0.1, -0.05) is 12.1 Å². The van der Waals surface area contributed by atoms with E-state index in [2.05, 4.69) is 26.7 Å². The second kappa shape index (κ2) is 7.31. The minimum absolute atomic E-state index is 0.0220. The van der Waals surface area contributed by atoms with Gasteiger partial charge in [0.25, 0.3) is 5.91 Å².